The third kappa shape index (κ3) is 1.85. The van der Waals surface area contributed by atoms with Crippen molar-refractivity contribution in [3.05, 3.63) is 17.7 Å². The number of hydrogen-bond acceptors (Lipinski definition) is 5. The molecule has 0 aliphatic carbocycles. The lowest BCUT2D eigenvalue weighted by molar-refractivity contribution is -0.641. The maximum Gasteiger partial charge on any atom is 0.323 e. The first-order chi connectivity index (χ1) is 10.6. The molecule has 1 fully saturated rings. The highest BCUT2D eigenvalue weighted by Gasteiger charge is 2.43. The largest absolute Gasteiger partial charge is 0.397 e. The molecule has 3 heterocycles. The number of aliphatic imine (C=N–C) groups is 1. The molecule has 0 bridgehead atoms. The van der Waals surface area contributed by atoms with Gasteiger partial charge in [-0.15, -0.1) is 0 Å². The first-order valence-corrected chi connectivity index (χ1v) is 7.62. The number of fused-ring (bicyclic) bond motifs is 2. The molecule has 1 amide bonds. The lowest BCUT2D eigenvalue weighted by atomic mass is 10.0. The number of carbonyl (C=O) groups excluding carboxylic acids is 1. The van der Waals surface area contributed by atoms with Crippen LogP contribution in [-0.2, 0) is 11.2 Å². The monoisotopic (exact) mass is 299 g/mol. The van der Waals surface area contributed by atoms with Gasteiger partial charge in [-0.3, -0.25) is 10.5 Å². The molecule has 0 unspecified atom stereocenters. The summed E-state index contributed by atoms with van der Waals surface area (Å²) in [5, 5.41) is 4.99. The molecule has 0 aromatic heterocycles. The highest BCUT2D eigenvalue weighted by molar-refractivity contribution is 6.66. The standard InChI is InChI=1S/C15H18N6O/c16-10-8-11-9(3-1-4-18-11)7-12(10)19-13-14(17)20-5-2-6-21(20)15(13)22/h7-8H,1-6H2,(H4,16,17,18,22)/p+1. The number of nitrogen functional groups attached to an aromatic ring is 1. The second kappa shape index (κ2) is 4.72. The van der Waals surface area contributed by atoms with Crippen LogP contribution in [0.15, 0.2) is 17.1 Å². The number of nitrogens with zero attached hydrogens (tertiary/aromatic N) is 3. The van der Waals surface area contributed by atoms with Gasteiger partial charge >= 0.3 is 11.7 Å². The van der Waals surface area contributed by atoms with Crippen LogP contribution in [-0.4, -0.2) is 46.8 Å². The lowest BCUT2D eigenvalue weighted by Crippen LogP contribution is -2.30. The first kappa shape index (κ1) is 13.1. The fourth-order valence-electron chi connectivity index (χ4n) is 3.27. The third-order valence-corrected chi connectivity index (χ3v) is 4.41. The van der Waals surface area contributed by atoms with Crippen LogP contribution in [0.2, 0.25) is 0 Å². The van der Waals surface area contributed by atoms with Crippen LogP contribution >= 0.6 is 0 Å². The highest BCUT2D eigenvalue weighted by Crippen LogP contribution is 2.33. The molecular formula is C15H19N6O+. The van der Waals surface area contributed by atoms with E-state index in [4.69, 9.17) is 11.5 Å². The Labute approximate surface area is 128 Å². The summed E-state index contributed by atoms with van der Waals surface area (Å²) in [5.74, 6) is 0.294. The van der Waals surface area contributed by atoms with Crippen molar-refractivity contribution in [3.8, 4) is 0 Å². The summed E-state index contributed by atoms with van der Waals surface area (Å²) in [5.41, 5.74) is 15.9. The van der Waals surface area contributed by atoms with E-state index in [1.165, 1.54) is 5.56 Å². The molecular weight excluding hydrogens is 280 g/mol. The van der Waals surface area contributed by atoms with E-state index >= 15 is 0 Å². The molecule has 0 spiro atoms. The minimum Gasteiger partial charge on any atom is -0.397 e. The summed E-state index contributed by atoms with van der Waals surface area (Å²) in [6.45, 7) is 2.42. The molecule has 0 atom stereocenters. The van der Waals surface area contributed by atoms with Crippen molar-refractivity contribution in [3.63, 3.8) is 0 Å². The molecule has 7 nitrogen and oxygen atoms in total. The number of hydrazone groups is 1. The molecule has 1 aromatic carbocycles. The SMILES string of the molecule is NC1=[N+]2CCCN2C(=O)C1=Nc1cc2c(cc1N)NCCC2. The number of anilines is 2. The average molecular weight is 299 g/mol. The number of hydrogen-bond donors (Lipinski definition) is 3. The number of amidine groups is 1. The minimum absolute atomic E-state index is 0.134. The van der Waals surface area contributed by atoms with Gasteiger partial charge in [0.15, 0.2) is 0 Å². The fourth-order valence-corrected chi connectivity index (χ4v) is 3.27. The van der Waals surface area contributed by atoms with E-state index in [0.29, 0.717) is 29.5 Å². The molecule has 0 radical (unpaired) electrons. The van der Waals surface area contributed by atoms with E-state index < -0.39 is 0 Å². The molecule has 0 saturated carbocycles. The predicted molar refractivity (Wildman–Crippen MR) is 85.4 cm³/mol. The van der Waals surface area contributed by atoms with Crippen molar-refractivity contribution in [2.24, 2.45) is 10.7 Å². The lowest BCUT2D eigenvalue weighted by Gasteiger charge is -2.19. The number of carbonyl (C=O) groups is 1. The Morgan fingerprint density at radius 1 is 1.27 bits per heavy atom. The zero-order chi connectivity index (χ0) is 15.3. The molecule has 3 aliphatic rings. The van der Waals surface area contributed by atoms with E-state index in [0.717, 1.165) is 38.0 Å². The van der Waals surface area contributed by atoms with Crippen LogP contribution in [0.4, 0.5) is 17.1 Å². The molecule has 7 heteroatoms. The summed E-state index contributed by atoms with van der Waals surface area (Å²) < 4.78 is 1.80. The van der Waals surface area contributed by atoms with Gasteiger partial charge in [0.25, 0.3) is 0 Å². The third-order valence-electron chi connectivity index (χ3n) is 4.41. The molecule has 4 rings (SSSR count). The number of amides is 1. The fraction of sp³-hybridized carbons (Fsp3) is 0.400. The van der Waals surface area contributed by atoms with E-state index in [-0.39, 0.29) is 5.91 Å². The van der Waals surface area contributed by atoms with E-state index in [1.54, 1.807) is 9.69 Å². The number of nitrogens with two attached hydrogens (primary N) is 2. The molecule has 1 aromatic rings. The Morgan fingerprint density at radius 3 is 2.95 bits per heavy atom. The van der Waals surface area contributed by atoms with Gasteiger partial charge < -0.3 is 11.1 Å². The van der Waals surface area contributed by atoms with Crippen LogP contribution < -0.4 is 16.8 Å². The summed E-state index contributed by atoms with van der Waals surface area (Å²) in [4.78, 5) is 16.9. The van der Waals surface area contributed by atoms with Gasteiger partial charge in [-0.05, 0) is 30.5 Å². The van der Waals surface area contributed by atoms with Crippen LogP contribution in [0.25, 0.3) is 0 Å². The first-order valence-electron chi connectivity index (χ1n) is 7.62. The van der Waals surface area contributed by atoms with Gasteiger partial charge in [-0.2, -0.15) is 9.69 Å². The Kier molecular flexibility index (Phi) is 2.82. The second-order valence-electron chi connectivity index (χ2n) is 5.85. The van der Waals surface area contributed by atoms with Crippen LogP contribution in [0.3, 0.4) is 0 Å². The number of nitrogens with one attached hydrogen (secondary N) is 1. The number of benzene rings is 1. The molecule has 3 aliphatic heterocycles. The topological polar surface area (TPSA) is 99.8 Å². The van der Waals surface area contributed by atoms with Gasteiger partial charge in [0.05, 0.1) is 17.9 Å². The van der Waals surface area contributed by atoms with Gasteiger partial charge in [-0.1, -0.05) is 0 Å². The van der Waals surface area contributed by atoms with Crippen molar-refractivity contribution >= 4 is 34.5 Å². The van der Waals surface area contributed by atoms with E-state index in [2.05, 4.69) is 10.3 Å². The summed E-state index contributed by atoms with van der Waals surface area (Å²) in [6.07, 6.45) is 3.01. The number of hydrazine groups is 1. The average Bonchev–Trinajstić information content (AvgIpc) is 3.08. The zero-order valence-corrected chi connectivity index (χ0v) is 12.3. The second-order valence-corrected chi connectivity index (χ2v) is 5.85. The number of rotatable bonds is 1. The normalized spacial score (nSPS) is 22.1. The summed E-state index contributed by atoms with van der Waals surface area (Å²) in [7, 11) is 0. The van der Waals surface area contributed by atoms with E-state index in [1.807, 2.05) is 12.1 Å². The molecule has 22 heavy (non-hydrogen) atoms. The summed E-state index contributed by atoms with van der Waals surface area (Å²) >= 11 is 0. The molecule has 114 valence electrons. The van der Waals surface area contributed by atoms with Gasteiger partial charge in [0.2, 0.25) is 5.71 Å². The van der Waals surface area contributed by atoms with Gasteiger partial charge in [0.1, 0.15) is 6.54 Å². The quantitative estimate of drug-likeness (QED) is 0.510. The Balaban J connectivity index is 1.77. The van der Waals surface area contributed by atoms with Gasteiger partial charge in [-0.25, -0.2) is 4.99 Å². The predicted octanol–water partition coefficient (Wildman–Crippen LogP) is 0.230. The Bertz CT molecular complexity index is 736. The number of aryl methyl sites for hydroxylation is 1. The zero-order valence-electron chi connectivity index (χ0n) is 12.3. The van der Waals surface area contributed by atoms with Crippen LogP contribution in [0, 0.1) is 0 Å². The minimum atomic E-state index is -0.134. The van der Waals surface area contributed by atoms with Crippen LogP contribution in [0.5, 0.6) is 0 Å². The van der Waals surface area contributed by atoms with Gasteiger partial charge in [0, 0.05) is 18.7 Å². The van der Waals surface area contributed by atoms with Crippen molar-refractivity contribution < 1.29 is 9.48 Å². The molecule has 1 saturated heterocycles. The highest BCUT2D eigenvalue weighted by atomic mass is 16.2. The van der Waals surface area contributed by atoms with Crippen LogP contribution in [0.1, 0.15) is 18.4 Å². The summed E-state index contributed by atoms with van der Waals surface area (Å²) in [6, 6.07) is 3.86. The maximum atomic E-state index is 12.4. The van der Waals surface area contributed by atoms with Crippen molar-refractivity contribution in [2.75, 3.05) is 30.7 Å². The Morgan fingerprint density at radius 2 is 2.14 bits per heavy atom. The Hall–Kier alpha value is -2.57. The smallest absolute Gasteiger partial charge is 0.323 e. The van der Waals surface area contributed by atoms with Crippen molar-refractivity contribution in [1.82, 2.24) is 5.01 Å². The van der Waals surface area contributed by atoms with Crippen molar-refractivity contribution in [2.45, 2.75) is 19.3 Å². The molecule has 5 N–H and O–H groups in total. The van der Waals surface area contributed by atoms with Crippen molar-refractivity contribution in [1.29, 1.82) is 0 Å². The van der Waals surface area contributed by atoms with E-state index in [9.17, 15) is 4.79 Å². The maximum absolute atomic E-state index is 12.4.